The van der Waals surface area contributed by atoms with E-state index in [2.05, 4.69) is 17.2 Å². The first-order valence-electron chi connectivity index (χ1n) is 8.47. The highest BCUT2D eigenvalue weighted by Crippen LogP contribution is 2.48. The van der Waals surface area contributed by atoms with Crippen LogP contribution in [0, 0.1) is 5.92 Å². The Labute approximate surface area is 142 Å². The summed E-state index contributed by atoms with van der Waals surface area (Å²) in [6, 6.07) is 0.333. The standard InChI is InChI=1S/C17H20F3N3O2/c1-8-4-10(5-8)23-7-11-12(21-23)6-9(2)13-14(11)25-22-15(13)16(3,24)17(18,19)20/h7-10,24H,4-6H2,1-3H3/t8?,9-,10?,16+/m1/s1. The molecule has 0 bridgehead atoms. The van der Waals surface area contributed by atoms with E-state index in [1.165, 1.54) is 0 Å². The van der Waals surface area contributed by atoms with Crippen molar-refractivity contribution in [2.75, 3.05) is 0 Å². The van der Waals surface area contributed by atoms with Gasteiger partial charge in [-0.1, -0.05) is 19.0 Å². The maximum absolute atomic E-state index is 13.2. The Morgan fingerprint density at radius 1 is 1.28 bits per heavy atom. The monoisotopic (exact) mass is 355 g/mol. The maximum atomic E-state index is 13.2. The van der Waals surface area contributed by atoms with Crippen LogP contribution in [0.15, 0.2) is 10.7 Å². The molecule has 2 heterocycles. The first kappa shape index (κ1) is 16.6. The highest BCUT2D eigenvalue weighted by molar-refractivity contribution is 5.68. The number of halogens is 3. The molecule has 5 nitrogen and oxygen atoms in total. The molecule has 1 saturated carbocycles. The lowest BCUT2D eigenvalue weighted by atomic mass is 9.82. The molecule has 2 aliphatic carbocycles. The van der Waals surface area contributed by atoms with Crippen molar-refractivity contribution in [1.82, 2.24) is 14.9 Å². The number of nitrogens with zero attached hydrogens (tertiary/aromatic N) is 3. The van der Waals surface area contributed by atoms with E-state index in [-0.39, 0.29) is 5.92 Å². The van der Waals surface area contributed by atoms with Crippen LogP contribution in [0.1, 0.15) is 62.5 Å². The first-order chi connectivity index (χ1) is 11.6. The molecule has 2 aliphatic rings. The van der Waals surface area contributed by atoms with Gasteiger partial charge in [0.1, 0.15) is 5.69 Å². The van der Waals surface area contributed by atoms with Gasteiger partial charge in [0.05, 0.1) is 17.3 Å². The molecule has 136 valence electrons. The van der Waals surface area contributed by atoms with E-state index in [1.807, 2.05) is 10.9 Å². The average Bonchev–Trinajstić information content (AvgIpc) is 3.06. The Kier molecular flexibility index (Phi) is 3.39. The van der Waals surface area contributed by atoms with Crippen molar-refractivity contribution in [3.05, 3.63) is 23.1 Å². The molecule has 0 radical (unpaired) electrons. The van der Waals surface area contributed by atoms with Gasteiger partial charge in [0, 0.05) is 11.8 Å². The minimum absolute atomic E-state index is 0.263. The largest absolute Gasteiger partial charge is 0.422 e. The van der Waals surface area contributed by atoms with Crippen molar-refractivity contribution >= 4 is 0 Å². The average molecular weight is 355 g/mol. The van der Waals surface area contributed by atoms with Gasteiger partial charge in [0.25, 0.3) is 0 Å². The van der Waals surface area contributed by atoms with Crippen LogP contribution >= 0.6 is 0 Å². The predicted molar refractivity (Wildman–Crippen MR) is 82.9 cm³/mol. The molecule has 0 spiro atoms. The lowest BCUT2D eigenvalue weighted by Gasteiger charge is -2.32. The summed E-state index contributed by atoms with van der Waals surface area (Å²) in [4.78, 5) is 0. The van der Waals surface area contributed by atoms with E-state index in [9.17, 15) is 18.3 Å². The summed E-state index contributed by atoms with van der Waals surface area (Å²) in [6.07, 6.45) is -0.391. The third kappa shape index (κ3) is 2.33. The summed E-state index contributed by atoms with van der Waals surface area (Å²) in [7, 11) is 0. The van der Waals surface area contributed by atoms with E-state index >= 15 is 0 Å². The van der Waals surface area contributed by atoms with Crippen molar-refractivity contribution in [2.45, 2.75) is 63.8 Å². The molecule has 1 fully saturated rings. The molecule has 0 unspecified atom stereocenters. The van der Waals surface area contributed by atoms with Crippen LogP contribution in [0.25, 0.3) is 11.3 Å². The molecule has 0 aromatic carbocycles. The van der Waals surface area contributed by atoms with Gasteiger partial charge < -0.3 is 9.63 Å². The second-order valence-corrected chi connectivity index (χ2v) is 7.65. The zero-order valence-corrected chi connectivity index (χ0v) is 14.3. The fraction of sp³-hybridized carbons (Fsp3) is 0.647. The summed E-state index contributed by atoms with van der Waals surface area (Å²) in [5.74, 6) is 0.701. The van der Waals surface area contributed by atoms with Crippen LogP contribution in [0.3, 0.4) is 0 Å². The van der Waals surface area contributed by atoms with Gasteiger partial charge in [-0.25, -0.2) is 0 Å². The lowest BCUT2D eigenvalue weighted by molar-refractivity contribution is -0.261. The summed E-state index contributed by atoms with van der Waals surface area (Å²) >= 11 is 0. The van der Waals surface area contributed by atoms with Crippen molar-refractivity contribution in [3.8, 4) is 11.3 Å². The normalized spacial score (nSPS) is 28.0. The molecule has 0 amide bonds. The molecule has 8 heteroatoms. The first-order valence-corrected chi connectivity index (χ1v) is 8.47. The fourth-order valence-corrected chi connectivity index (χ4v) is 3.86. The Morgan fingerprint density at radius 2 is 1.96 bits per heavy atom. The number of hydrogen-bond acceptors (Lipinski definition) is 4. The molecular formula is C17H20F3N3O2. The van der Waals surface area contributed by atoms with Crippen LogP contribution in [0.5, 0.6) is 0 Å². The molecule has 2 aromatic heterocycles. The van der Waals surface area contributed by atoms with Gasteiger partial charge >= 0.3 is 6.18 Å². The number of aromatic nitrogens is 3. The second kappa shape index (κ2) is 5.09. The predicted octanol–water partition coefficient (Wildman–Crippen LogP) is 3.94. The van der Waals surface area contributed by atoms with Crippen LogP contribution in [-0.2, 0) is 12.0 Å². The molecule has 4 rings (SSSR count). The van der Waals surface area contributed by atoms with E-state index in [0.29, 0.717) is 42.2 Å². The number of hydrogen-bond donors (Lipinski definition) is 1. The molecule has 2 aromatic rings. The second-order valence-electron chi connectivity index (χ2n) is 7.65. The van der Waals surface area contributed by atoms with Gasteiger partial charge in [-0.15, -0.1) is 0 Å². The Hall–Kier alpha value is -1.83. The molecule has 0 saturated heterocycles. The SMILES string of the molecule is CC1CC(n2cc3c(n2)C[C@@H](C)c2c([C@](C)(O)C(F)(F)F)noc2-3)C1. The van der Waals surface area contributed by atoms with Crippen molar-refractivity contribution in [3.63, 3.8) is 0 Å². The molecule has 1 N–H and O–H groups in total. The van der Waals surface area contributed by atoms with E-state index in [1.54, 1.807) is 6.92 Å². The van der Waals surface area contributed by atoms with E-state index in [0.717, 1.165) is 18.5 Å². The number of fused-ring (bicyclic) bond motifs is 3. The Morgan fingerprint density at radius 3 is 2.56 bits per heavy atom. The number of rotatable bonds is 2. The van der Waals surface area contributed by atoms with Gasteiger partial charge in [-0.3, -0.25) is 4.68 Å². The summed E-state index contributed by atoms with van der Waals surface area (Å²) in [5, 5.41) is 18.3. The van der Waals surface area contributed by atoms with Gasteiger partial charge in [-0.2, -0.15) is 18.3 Å². The summed E-state index contributed by atoms with van der Waals surface area (Å²) in [5.41, 5.74) is -1.66. The Bertz CT molecular complexity index is 816. The van der Waals surface area contributed by atoms with Crippen molar-refractivity contribution in [1.29, 1.82) is 0 Å². The summed E-state index contributed by atoms with van der Waals surface area (Å²) in [6.45, 7) is 4.70. The highest BCUT2D eigenvalue weighted by atomic mass is 19.4. The molecule has 25 heavy (non-hydrogen) atoms. The van der Waals surface area contributed by atoms with Crippen molar-refractivity contribution in [2.24, 2.45) is 5.92 Å². The maximum Gasteiger partial charge on any atom is 0.422 e. The molecular weight excluding hydrogens is 335 g/mol. The molecule has 2 atom stereocenters. The zero-order valence-electron chi connectivity index (χ0n) is 14.3. The smallest absolute Gasteiger partial charge is 0.375 e. The van der Waals surface area contributed by atoms with Crippen LogP contribution in [-0.4, -0.2) is 26.2 Å². The minimum Gasteiger partial charge on any atom is -0.375 e. The zero-order chi connectivity index (χ0) is 18.1. The summed E-state index contributed by atoms with van der Waals surface area (Å²) < 4.78 is 46.9. The minimum atomic E-state index is -4.83. The van der Waals surface area contributed by atoms with E-state index in [4.69, 9.17) is 4.52 Å². The number of aliphatic hydroxyl groups is 1. The Balaban J connectivity index is 1.78. The third-order valence-corrected chi connectivity index (χ3v) is 5.51. The topological polar surface area (TPSA) is 64.1 Å². The van der Waals surface area contributed by atoms with Crippen LogP contribution < -0.4 is 0 Å². The fourth-order valence-electron chi connectivity index (χ4n) is 3.86. The van der Waals surface area contributed by atoms with Gasteiger partial charge in [0.15, 0.2) is 5.76 Å². The highest BCUT2D eigenvalue weighted by Gasteiger charge is 2.55. The third-order valence-electron chi connectivity index (χ3n) is 5.51. The number of alkyl halides is 3. The molecule has 0 aliphatic heterocycles. The van der Waals surface area contributed by atoms with Crippen LogP contribution in [0.2, 0.25) is 0 Å². The van der Waals surface area contributed by atoms with E-state index < -0.39 is 17.5 Å². The lowest BCUT2D eigenvalue weighted by Crippen LogP contribution is -2.40. The van der Waals surface area contributed by atoms with Crippen LogP contribution in [0.4, 0.5) is 13.2 Å². The van der Waals surface area contributed by atoms with Crippen molar-refractivity contribution < 1.29 is 22.8 Å². The van der Waals surface area contributed by atoms with Gasteiger partial charge in [0.2, 0.25) is 5.60 Å². The van der Waals surface area contributed by atoms with Gasteiger partial charge in [-0.05, 0) is 38.0 Å². The quantitative estimate of drug-likeness (QED) is 0.886.